The number of nitrogens with one attached hydrogen (secondary N) is 3. The van der Waals surface area contributed by atoms with Crippen molar-refractivity contribution in [3.05, 3.63) is 0 Å². The number of nitrogens with zero attached hydrogens (tertiary/aromatic N) is 5. The monoisotopic (exact) mass is 366 g/mol. The second-order valence-electron chi connectivity index (χ2n) is 6.24. The van der Waals surface area contributed by atoms with E-state index in [1.54, 1.807) is 19.0 Å². The highest BCUT2D eigenvalue weighted by Gasteiger charge is 2.35. The molecule has 1 aliphatic heterocycles. The van der Waals surface area contributed by atoms with E-state index < -0.39 is 5.92 Å². The first kappa shape index (κ1) is 18.3. The SMILES string of the molecule is CCCNc1nc(NC)c2nc(N3CCC(F)(F)CC3)nc(NC)c2n1. The maximum atomic E-state index is 13.4. The number of piperidine rings is 1. The molecule has 26 heavy (non-hydrogen) atoms. The Morgan fingerprint density at radius 1 is 0.962 bits per heavy atom. The fourth-order valence-electron chi connectivity index (χ4n) is 2.84. The Hall–Kier alpha value is -2.52. The van der Waals surface area contributed by atoms with Crippen molar-refractivity contribution < 1.29 is 8.78 Å². The van der Waals surface area contributed by atoms with Crippen molar-refractivity contribution in [2.24, 2.45) is 0 Å². The molecular weight excluding hydrogens is 342 g/mol. The molecule has 2 aromatic heterocycles. The normalized spacial score (nSPS) is 16.6. The molecule has 3 N–H and O–H groups in total. The third-order valence-electron chi connectivity index (χ3n) is 4.32. The Balaban J connectivity index is 2.02. The first-order chi connectivity index (χ1) is 12.5. The number of hydrogen-bond donors (Lipinski definition) is 3. The zero-order valence-electron chi connectivity index (χ0n) is 15.2. The van der Waals surface area contributed by atoms with E-state index in [9.17, 15) is 8.78 Å². The molecule has 1 saturated heterocycles. The molecule has 2 aromatic rings. The van der Waals surface area contributed by atoms with Gasteiger partial charge in [0.15, 0.2) is 11.6 Å². The molecule has 0 aromatic carbocycles. The summed E-state index contributed by atoms with van der Waals surface area (Å²) < 4.78 is 26.9. The molecule has 0 amide bonds. The van der Waals surface area contributed by atoms with E-state index in [2.05, 4.69) is 42.8 Å². The molecule has 0 aliphatic carbocycles. The summed E-state index contributed by atoms with van der Waals surface area (Å²) in [4.78, 5) is 19.8. The maximum Gasteiger partial charge on any atom is 0.251 e. The minimum absolute atomic E-state index is 0.196. The number of fused-ring (bicyclic) bond motifs is 1. The van der Waals surface area contributed by atoms with Crippen LogP contribution in [0.25, 0.3) is 11.0 Å². The molecule has 0 atom stereocenters. The van der Waals surface area contributed by atoms with E-state index in [-0.39, 0.29) is 25.9 Å². The van der Waals surface area contributed by atoms with E-state index >= 15 is 0 Å². The standard InChI is InChI=1S/C16H24F2N8/c1-4-7-21-14-22-10-11(12(19-2)24-14)23-15(25-13(10)20-3)26-8-5-16(17,18)6-9-26/h4-9H2,1-3H3,(H,20,23,25)(H2,19,21,22,24). The Labute approximate surface area is 150 Å². The van der Waals surface area contributed by atoms with Gasteiger partial charge in [0.25, 0.3) is 5.92 Å². The summed E-state index contributed by atoms with van der Waals surface area (Å²) in [5.74, 6) is -0.601. The summed E-state index contributed by atoms with van der Waals surface area (Å²) in [6.07, 6.45) is 0.557. The van der Waals surface area contributed by atoms with Crippen LogP contribution in [-0.2, 0) is 0 Å². The second kappa shape index (κ2) is 7.38. The van der Waals surface area contributed by atoms with Crippen molar-refractivity contribution in [1.29, 1.82) is 0 Å². The average Bonchev–Trinajstić information content (AvgIpc) is 2.64. The van der Waals surface area contributed by atoms with Crippen LogP contribution >= 0.6 is 0 Å². The zero-order chi connectivity index (χ0) is 18.7. The summed E-state index contributed by atoms with van der Waals surface area (Å²) in [7, 11) is 3.50. The zero-order valence-corrected chi connectivity index (χ0v) is 15.2. The number of rotatable bonds is 6. The first-order valence-corrected chi connectivity index (χ1v) is 8.79. The van der Waals surface area contributed by atoms with Gasteiger partial charge >= 0.3 is 0 Å². The Morgan fingerprint density at radius 2 is 1.58 bits per heavy atom. The summed E-state index contributed by atoms with van der Waals surface area (Å²) in [5.41, 5.74) is 1.14. The largest absolute Gasteiger partial charge is 0.371 e. The van der Waals surface area contributed by atoms with Crippen LogP contribution in [-0.4, -0.2) is 59.6 Å². The Morgan fingerprint density at radius 3 is 2.19 bits per heavy atom. The smallest absolute Gasteiger partial charge is 0.251 e. The van der Waals surface area contributed by atoms with Gasteiger partial charge in [0, 0.05) is 46.6 Å². The van der Waals surface area contributed by atoms with Gasteiger partial charge < -0.3 is 20.9 Å². The van der Waals surface area contributed by atoms with Crippen LogP contribution in [0.15, 0.2) is 0 Å². The topological polar surface area (TPSA) is 90.9 Å². The van der Waals surface area contributed by atoms with E-state index in [0.29, 0.717) is 34.6 Å². The van der Waals surface area contributed by atoms with Crippen LogP contribution in [0, 0.1) is 0 Å². The molecule has 0 unspecified atom stereocenters. The van der Waals surface area contributed by atoms with Gasteiger partial charge in [0.2, 0.25) is 11.9 Å². The molecule has 0 bridgehead atoms. The van der Waals surface area contributed by atoms with Crippen LogP contribution < -0.4 is 20.9 Å². The van der Waals surface area contributed by atoms with Crippen molar-refractivity contribution >= 4 is 34.6 Å². The average molecular weight is 366 g/mol. The highest BCUT2D eigenvalue weighted by molar-refractivity contribution is 5.94. The number of alkyl halides is 2. The molecule has 3 heterocycles. The lowest BCUT2D eigenvalue weighted by Gasteiger charge is -2.32. The molecule has 0 radical (unpaired) electrons. The molecular formula is C16H24F2N8. The molecule has 1 aliphatic rings. The van der Waals surface area contributed by atoms with Gasteiger partial charge in [-0.05, 0) is 6.42 Å². The molecule has 10 heteroatoms. The van der Waals surface area contributed by atoms with Crippen molar-refractivity contribution in [2.45, 2.75) is 32.1 Å². The third kappa shape index (κ3) is 3.68. The lowest BCUT2D eigenvalue weighted by molar-refractivity contribution is -0.0222. The van der Waals surface area contributed by atoms with Crippen LogP contribution in [0.3, 0.4) is 0 Å². The van der Waals surface area contributed by atoms with Crippen LogP contribution in [0.2, 0.25) is 0 Å². The van der Waals surface area contributed by atoms with E-state index in [4.69, 9.17) is 0 Å². The molecule has 8 nitrogen and oxygen atoms in total. The van der Waals surface area contributed by atoms with Gasteiger partial charge in [-0.25, -0.2) is 18.7 Å². The van der Waals surface area contributed by atoms with Crippen LogP contribution in [0.5, 0.6) is 0 Å². The van der Waals surface area contributed by atoms with Crippen molar-refractivity contribution in [3.8, 4) is 0 Å². The molecule has 142 valence electrons. The summed E-state index contributed by atoms with van der Waals surface area (Å²) in [6, 6.07) is 0. The fraction of sp³-hybridized carbons (Fsp3) is 0.625. The van der Waals surface area contributed by atoms with Crippen LogP contribution in [0.1, 0.15) is 26.2 Å². The second-order valence-corrected chi connectivity index (χ2v) is 6.24. The molecule has 3 rings (SSSR count). The lowest BCUT2D eigenvalue weighted by atomic mass is 10.1. The highest BCUT2D eigenvalue weighted by atomic mass is 19.3. The third-order valence-corrected chi connectivity index (χ3v) is 4.32. The van der Waals surface area contributed by atoms with Crippen LogP contribution in [0.4, 0.5) is 32.3 Å². The first-order valence-electron chi connectivity index (χ1n) is 8.79. The van der Waals surface area contributed by atoms with E-state index in [1.807, 2.05) is 0 Å². The summed E-state index contributed by atoms with van der Waals surface area (Å²) in [6.45, 7) is 3.25. The van der Waals surface area contributed by atoms with Gasteiger partial charge in [0.05, 0.1) is 0 Å². The number of aromatic nitrogens is 4. The number of anilines is 4. The predicted octanol–water partition coefficient (Wildman–Crippen LogP) is 2.56. The van der Waals surface area contributed by atoms with Gasteiger partial charge in [-0.3, -0.25) is 0 Å². The number of hydrogen-bond acceptors (Lipinski definition) is 8. The van der Waals surface area contributed by atoms with Gasteiger partial charge in [-0.15, -0.1) is 0 Å². The Bertz CT molecular complexity index is 772. The lowest BCUT2D eigenvalue weighted by Crippen LogP contribution is -2.40. The molecule has 0 saturated carbocycles. The van der Waals surface area contributed by atoms with E-state index in [1.165, 1.54) is 0 Å². The van der Waals surface area contributed by atoms with Crippen molar-refractivity contribution in [2.75, 3.05) is 54.6 Å². The minimum Gasteiger partial charge on any atom is -0.371 e. The van der Waals surface area contributed by atoms with Gasteiger partial charge in [0.1, 0.15) is 11.0 Å². The molecule has 1 fully saturated rings. The fourth-order valence-corrected chi connectivity index (χ4v) is 2.84. The van der Waals surface area contributed by atoms with Gasteiger partial charge in [-0.1, -0.05) is 6.92 Å². The quantitative estimate of drug-likeness (QED) is 0.719. The predicted molar refractivity (Wildman–Crippen MR) is 99.4 cm³/mol. The number of halogens is 2. The van der Waals surface area contributed by atoms with Gasteiger partial charge in [-0.2, -0.15) is 9.97 Å². The Kier molecular flexibility index (Phi) is 5.19. The van der Waals surface area contributed by atoms with Crippen molar-refractivity contribution in [1.82, 2.24) is 19.9 Å². The van der Waals surface area contributed by atoms with Crippen molar-refractivity contribution in [3.63, 3.8) is 0 Å². The van der Waals surface area contributed by atoms with E-state index in [0.717, 1.165) is 13.0 Å². The maximum absolute atomic E-state index is 13.4. The minimum atomic E-state index is -2.61. The molecule has 0 spiro atoms. The summed E-state index contributed by atoms with van der Waals surface area (Å²) in [5, 5.41) is 9.22. The highest BCUT2D eigenvalue weighted by Crippen LogP contribution is 2.32. The summed E-state index contributed by atoms with van der Waals surface area (Å²) >= 11 is 0.